The highest BCUT2D eigenvalue weighted by atomic mass is 16.5. The predicted molar refractivity (Wildman–Crippen MR) is 85.3 cm³/mol. The molecule has 0 amide bonds. The Labute approximate surface area is 131 Å². The molecule has 0 saturated carbocycles. The molecule has 2 aromatic rings. The Balaban J connectivity index is 1.73. The quantitative estimate of drug-likeness (QED) is 0.922. The molecule has 5 heteroatoms. The molecule has 1 aliphatic rings. The normalized spacial score (nSPS) is 17.1. The topological polar surface area (TPSA) is 48.3 Å². The van der Waals surface area contributed by atoms with E-state index in [1.807, 2.05) is 30.1 Å². The van der Waals surface area contributed by atoms with Crippen LogP contribution < -0.4 is 14.8 Å². The van der Waals surface area contributed by atoms with Crippen LogP contribution in [0.5, 0.6) is 11.5 Å². The molecular formula is C17H23N3O2. The van der Waals surface area contributed by atoms with Crippen molar-refractivity contribution in [1.29, 1.82) is 0 Å². The lowest BCUT2D eigenvalue weighted by Gasteiger charge is -2.24. The maximum absolute atomic E-state index is 5.46. The zero-order valence-corrected chi connectivity index (χ0v) is 13.4. The van der Waals surface area contributed by atoms with E-state index < -0.39 is 0 Å². The molecule has 0 saturated heterocycles. The molecule has 1 aliphatic carbocycles. The van der Waals surface area contributed by atoms with Gasteiger partial charge in [-0.3, -0.25) is 4.68 Å². The molecule has 0 radical (unpaired) electrons. The fraction of sp³-hybridized carbons (Fsp3) is 0.471. The van der Waals surface area contributed by atoms with Crippen LogP contribution in [0.25, 0.3) is 0 Å². The van der Waals surface area contributed by atoms with Gasteiger partial charge < -0.3 is 14.8 Å². The number of ether oxygens (including phenoxy) is 2. The van der Waals surface area contributed by atoms with Crippen LogP contribution in [0.3, 0.4) is 0 Å². The molecule has 1 aromatic heterocycles. The third-order valence-electron chi connectivity index (χ3n) is 4.41. The number of hydrogen-bond donors (Lipinski definition) is 1. The average Bonchev–Trinajstić information content (AvgIpc) is 2.94. The molecule has 0 aliphatic heterocycles. The molecule has 0 unspecified atom stereocenters. The minimum Gasteiger partial charge on any atom is -0.497 e. The van der Waals surface area contributed by atoms with E-state index in [2.05, 4.69) is 16.5 Å². The van der Waals surface area contributed by atoms with E-state index in [-0.39, 0.29) is 0 Å². The van der Waals surface area contributed by atoms with E-state index in [0.717, 1.165) is 36.4 Å². The highest BCUT2D eigenvalue weighted by molar-refractivity contribution is 5.40. The second-order valence-electron chi connectivity index (χ2n) is 5.67. The zero-order chi connectivity index (χ0) is 15.5. The molecule has 5 nitrogen and oxygen atoms in total. The van der Waals surface area contributed by atoms with Crippen LogP contribution in [-0.4, -0.2) is 24.0 Å². The van der Waals surface area contributed by atoms with Crippen molar-refractivity contribution in [2.75, 3.05) is 14.2 Å². The molecule has 1 aromatic carbocycles. The summed E-state index contributed by atoms with van der Waals surface area (Å²) in [7, 11) is 5.38. The van der Waals surface area contributed by atoms with Gasteiger partial charge in [-0.2, -0.15) is 5.10 Å². The van der Waals surface area contributed by atoms with E-state index in [1.54, 1.807) is 14.2 Å². The lowest BCUT2D eigenvalue weighted by atomic mass is 9.93. The highest BCUT2D eigenvalue weighted by Gasteiger charge is 2.23. The van der Waals surface area contributed by atoms with Crippen molar-refractivity contribution in [3.05, 3.63) is 41.2 Å². The molecule has 1 atom stereocenters. The van der Waals surface area contributed by atoms with Crippen LogP contribution in [0, 0.1) is 0 Å². The molecule has 1 N–H and O–H groups in total. The Bertz CT molecular complexity index is 651. The number of rotatable bonds is 5. The van der Waals surface area contributed by atoms with Crippen molar-refractivity contribution in [2.24, 2.45) is 7.05 Å². The van der Waals surface area contributed by atoms with Crippen LogP contribution in [0.4, 0.5) is 0 Å². The van der Waals surface area contributed by atoms with E-state index in [0.29, 0.717) is 6.04 Å². The lowest BCUT2D eigenvalue weighted by molar-refractivity contribution is 0.386. The average molecular weight is 301 g/mol. The number of aryl methyl sites for hydroxylation is 1. The first-order valence-electron chi connectivity index (χ1n) is 7.68. The first-order chi connectivity index (χ1) is 10.7. The van der Waals surface area contributed by atoms with Gasteiger partial charge in [0.05, 0.1) is 20.4 Å². The SMILES string of the molecule is COc1ccc(CN[C@H]2CCCc3c2cnn3C)c(OC)c1. The summed E-state index contributed by atoms with van der Waals surface area (Å²) >= 11 is 0. The summed E-state index contributed by atoms with van der Waals surface area (Å²) in [5, 5.41) is 8.04. The number of nitrogens with zero attached hydrogens (tertiary/aromatic N) is 2. The number of methoxy groups -OCH3 is 2. The summed E-state index contributed by atoms with van der Waals surface area (Å²) in [5.74, 6) is 1.67. The first kappa shape index (κ1) is 14.9. The van der Waals surface area contributed by atoms with E-state index in [9.17, 15) is 0 Å². The molecule has 118 valence electrons. The maximum Gasteiger partial charge on any atom is 0.127 e. The minimum absolute atomic E-state index is 0.365. The second-order valence-corrected chi connectivity index (χ2v) is 5.67. The summed E-state index contributed by atoms with van der Waals surface area (Å²) in [6, 6.07) is 6.31. The molecule has 0 fully saturated rings. The smallest absolute Gasteiger partial charge is 0.127 e. The van der Waals surface area contributed by atoms with Gasteiger partial charge in [-0.25, -0.2) is 0 Å². The van der Waals surface area contributed by atoms with Gasteiger partial charge in [-0.05, 0) is 25.3 Å². The van der Waals surface area contributed by atoms with Gasteiger partial charge in [0, 0.05) is 42.5 Å². The number of fused-ring (bicyclic) bond motifs is 1. The fourth-order valence-electron chi connectivity index (χ4n) is 3.15. The largest absolute Gasteiger partial charge is 0.497 e. The Hall–Kier alpha value is -2.01. The Kier molecular flexibility index (Phi) is 4.34. The van der Waals surface area contributed by atoms with Crippen molar-refractivity contribution < 1.29 is 9.47 Å². The minimum atomic E-state index is 0.365. The molecule has 0 spiro atoms. The van der Waals surface area contributed by atoms with Crippen molar-refractivity contribution in [3.63, 3.8) is 0 Å². The third kappa shape index (κ3) is 2.81. The number of aromatic nitrogens is 2. The third-order valence-corrected chi connectivity index (χ3v) is 4.41. The van der Waals surface area contributed by atoms with Crippen molar-refractivity contribution in [1.82, 2.24) is 15.1 Å². The van der Waals surface area contributed by atoms with Gasteiger partial charge in [-0.15, -0.1) is 0 Å². The van der Waals surface area contributed by atoms with E-state index in [4.69, 9.17) is 9.47 Å². The van der Waals surface area contributed by atoms with Gasteiger partial charge in [0.2, 0.25) is 0 Å². The van der Waals surface area contributed by atoms with Crippen LogP contribution in [-0.2, 0) is 20.0 Å². The molecule has 22 heavy (non-hydrogen) atoms. The van der Waals surface area contributed by atoms with Crippen LogP contribution in [0.2, 0.25) is 0 Å². The monoisotopic (exact) mass is 301 g/mol. The summed E-state index contributed by atoms with van der Waals surface area (Å²) in [4.78, 5) is 0. The van der Waals surface area contributed by atoms with Crippen molar-refractivity contribution >= 4 is 0 Å². The number of benzene rings is 1. The predicted octanol–water partition coefficient (Wildman–Crippen LogP) is 2.60. The Morgan fingerprint density at radius 2 is 2.18 bits per heavy atom. The summed E-state index contributed by atoms with van der Waals surface area (Å²) in [6.45, 7) is 0.770. The first-order valence-corrected chi connectivity index (χ1v) is 7.68. The van der Waals surface area contributed by atoms with Crippen LogP contribution in [0.1, 0.15) is 35.7 Å². The van der Waals surface area contributed by atoms with E-state index >= 15 is 0 Å². The summed E-state index contributed by atoms with van der Waals surface area (Å²) in [6.07, 6.45) is 5.47. The molecule has 3 rings (SSSR count). The van der Waals surface area contributed by atoms with Gasteiger partial charge in [0.25, 0.3) is 0 Å². The number of nitrogens with one attached hydrogen (secondary N) is 1. The van der Waals surface area contributed by atoms with Crippen molar-refractivity contribution in [3.8, 4) is 11.5 Å². The standard InChI is InChI=1S/C17H23N3O2/c1-20-16-6-4-5-15(14(16)11-19-20)18-10-12-7-8-13(21-2)9-17(12)22-3/h7-9,11,15,18H,4-6,10H2,1-3H3/t15-/m0/s1. The van der Waals surface area contributed by atoms with Crippen LogP contribution >= 0.6 is 0 Å². The maximum atomic E-state index is 5.46. The molecular weight excluding hydrogens is 278 g/mol. The van der Waals surface area contributed by atoms with E-state index in [1.165, 1.54) is 17.7 Å². The Morgan fingerprint density at radius 3 is 2.95 bits per heavy atom. The van der Waals surface area contributed by atoms with Gasteiger partial charge in [0.1, 0.15) is 11.5 Å². The Morgan fingerprint density at radius 1 is 1.32 bits per heavy atom. The number of hydrogen-bond acceptors (Lipinski definition) is 4. The summed E-state index contributed by atoms with van der Waals surface area (Å²) < 4.78 is 12.7. The molecule has 0 bridgehead atoms. The van der Waals surface area contributed by atoms with Gasteiger partial charge >= 0.3 is 0 Å². The van der Waals surface area contributed by atoms with Crippen LogP contribution in [0.15, 0.2) is 24.4 Å². The van der Waals surface area contributed by atoms with Gasteiger partial charge in [-0.1, -0.05) is 6.07 Å². The molecule has 1 heterocycles. The van der Waals surface area contributed by atoms with Crippen molar-refractivity contribution in [2.45, 2.75) is 31.8 Å². The highest BCUT2D eigenvalue weighted by Crippen LogP contribution is 2.30. The lowest BCUT2D eigenvalue weighted by Crippen LogP contribution is -2.25. The fourth-order valence-corrected chi connectivity index (χ4v) is 3.15. The van der Waals surface area contributed by atoms with Gasteiger partial charge in [0.15, 0.2) is 0 Å². The zero-order valence-electron chi connectivity index (χ0n) is 13.4. The summed E-state index contributed by atoms with van der Waals surface area (Å²) in [5.41, 5.74) is 3.82. The second kappa shape index (κ2) is 6.40.